The summed E-state index contributed by atoms with van der Waals surface area (Å²) in [5.41, 5.74) is 6.07. The van der Waals surface area contributed by atoms with Gasteiger partial charge in [-0.1, -0.05) is 0 Å². The molecule has 3 rings (SSSR count). The van der Waals surface area contributed by atoms with Crippen LogP contribution in [-0.2, 0) is 0 Å². The highest BCUT2D eigenvalue weighted by Crippen LogP contribution is 2.23. The fourth-order valence-corrected chi connectivity index (χ4v) is 3.25. The maximum Gasteiger partial charge on any atom is 0.253 e. The Bertz CT molecular complexity index is 520. The lowest BCUT2D eigenvalue weighted by Gasteiger charge is -2.25. The van der Waals surface area contributed by atoms with Gasteiger partial charge in [0.1, 0.15) is 5.82 Å². The summed E-state index contributed by atoms with van der Waals surface area (Å²) >= 11 is 0. The van der Waals surface area contributed by atoms with Gasteiger partial charge in [-0.2, -0.15) is 0 Å². The van der Waals surface area contributed by atoms with E-state index in [0.717, 1.165) is 39.0 Å². The van der Waals surface area contributed by atoms with Gasteiger partial charge in [0, 0.05) is 31.2 Å². The summed E-state index contributed by atoms with van der Waals surface area (Å²) < 4.78 is 13.2. The van der Waals surface area contributed by atoms with E-state index in [-0.39, 0.29) is 11.6 Å². The van der Waals surface area contributed by atoms with E-state index in [4.69, 9.17) is 5.73 Å². The molecule has 2 fully saturated rings. The highest BCUT2D eigenvalue weighted by molar-refractivity contribution is 5.95. The third-order valence-corrected chi connectivity index (χ3v) is 4.33. The van der Waals surface area contributed by atoms with Gasteiger partial charge in [-0.25, -0.2) is 4.39 Å². The van der Waals surface area contributed by atoms with Crippen LogP contribution >= 0.6 is 0 Å². The third kappa shape index (κ3) is 2.50. The Morgan fingerprint density at radius 2 is 2.05 bits per heavy atom. The molecule has 0 aliphatic carbocycles. The number of nitrogens with two attached hydrogens (primary N) is 1. The monoisotopic (exact) mass is 277 g/mol. The van der Waals surface area contributed by atoms with Gasteiger partial charge in [-0.15, -0.1) is 0 Å². The maximum absolute atomic E-state index is 13.2. The van der Waals surface area contributed by atoms with Gasteiger partial charge >= 0.3 is 0 Å². The number of halogens is 1. The molecule has 5 heteroatoms. The van der Waals surface area contributed by atoms with E-state index < -0.39 is 5.82 Å². The van der Waals surface area contributed by atoms with Crippen LogP contribution in [-0.4, -0.2) is 47.9 Å². The molecule has 1 aromatic carbocycles. The van der Waals surface area contributed by atoms with E-state index in [2.05, 4.69) is 4.90 Å². The van der Waals surface area contributed by atoms with Crippen molar-refractivity contribution in [3.8, 4) is 0 Å². The van der Waals surface area contributed by atoms with E-state index in [1.807, 2.05) is 4.90 Å². The largest absolute Gasteiger partial charge is 0.396 e. The van der Waals surface area contributed by atoms with Crippen molar-refractivity contribution in [1.29, 1.82) is 0 Å². The minimum absolute atomic E-state index is 0.0353. The van der Waals surface area contributed by atoms with Gasteiger partial charge in [-0.3, -0.25) is 9.69 Å². The van der Waals surface area contributed by atoms with Crippen molar-refractivity contribution >= 4 is 11.6 Å². The van der Waals surface area contributed by atoms with Crippen LogP contribution in [0.3, 0.4) is 0 Å². The van der Waals surface area contributed by atoms with Crippen LogP contribution < -0.4 is 5.73 Å². The predicted molar refractivity (Wildman–Crippen MR) is 75.9 cm³/mol. The Balaban J connectivity index is 1.77. The van der Waals surface area contributed by atoms with Crippen LogP contribution in [0.1, 0.15) is 29.6 Å². The Kier molecular flexibility index (Phi) is 3.61. The number of hydrogen-bond donors (Lipinski definition) is 1. The molecule has 2 aliphatic rings. The molecule has 108 valence electrons. The van der Waals surface area contributed by atoms with Crippen molar-refractivity contribution in [1.82, 2.24) is 9.80 Å². The average molecular weight is 277 g/mol. The van der Waals surface area contributed by atoms with E-state index in [9.17, 15) is 9.18 Å². The van der Waals surface area contributed by atoms with Gasteiger partial charge in [0.25, 0.3) is 5.91 Å². The normalized spacial score (nSPS) is 23.4. The fourth-order valence-electron chi connectivity index (χ4n) is 3.25. The summed E-state index contributed by atoms with van der Waals surface area (Å²) in [6.45, 7) is 3.76. The molecule has 0 saturated carbocycles. The Hall–Kier alpha value is -1.62. The minimum atomic E-state index is -0.473. The second kappa shape index (κ2) is 5.40. The lowest BCUT2D eigenvalue weighted by Crippen LogP contribution is -2.39. The van der Waals surface area contributed by atoms with Gasteiger partial charge in [-0.05, 0) is 44.0 Å². The van der Waals surface area contributed by atoms with Crippen LogP contribution in [0.15, 0.2) is 18.2 Å². The summed E-state index contributed by atoms with van der Waals surface area (Å²) in [5.74, 6) is -0.509. The Morgan fingerprint density at radius 3 is 2.85 bits per heavy atom. The molecular formula is C15H20FN3O. The molecule has 2 aliphatic heterocycles. The topological polar surface area (TPSA) is 49.6 Å². The molecular weight excluding hydrogens is 257 g/mol. The molecule has 1 atom stereocenters. The highest BCUT2D eigenvalue weighted by atomic mass is 19.1. The SMILES string of the molecule is Nc1cc(C(=O)N2CCCN3CCCC3C2)ccc1F. The van der Waals surface area contributed by atoms with Crippen molar-refractivity contribution in [2.45, 2.75) is 25.3 Å². The lowest BCUT2D eigenvalue weighted by atomic mass is 10.1. The highest BCUT2D eigenvalue weighted by Gasteiger charge is 2.30. The first-order valence-electron chi connectivity index (χ1n) is 7.23. The summed E-state index contributed by atoms with van der Waals surface area (Å²) in [6.07, 6.45) is 3.38. The third-order valence-electron chi connectivity index (χ3n) is 4.33. The molecule has 1 amide bonds. The molecule has 2 heterocycles. The van der Waals surface area contributed by atoms with Gasteiger partial charge in [0.15, 0.2) is 0 Å². The van der Waals surface area contributed by atoms with Crippen molar-refractivity contribution in [3.63, 3.8) is 0 Å². The Morgan fingerprint density at radius 1 is 1.25 bits per heavy atom. The zero-order valence-electron chi connectivity index (χ0n) is 11.5. The predicted octanol–water partition coefficient (Wildman–Crippen LogP) is 1.72. The number of rotatable bonds is 1. The number of hydrogen-bond acceptors (Lipinski definition) is 3. The standard InChI is InChI=1S/C15H20FN3O/c16-13-5-4-11(9-14(13)17)15(20)19-8-2-7-18-6-1-3-12(18)10-19/h4-5,9,12H,1-3,6-8,10,17H2. The van der Waals surface area contributed by atoms with E-state index in [1.54, 1.807) is 0 Å². The summed E-state index contributed by atoms with van der Waals surface area (Å²) in [6, 6.07) is 4.71. The molecule has 0 bridgehead atoms. The number of fused-ring (bicyclic) bond motifs is 1. The van der Waals surface area contributed by atoms with Crippen molar-refractivity contribution < 1.29 is 9.18 Å². The average Bonchev–Trinajstić information content (AvgIpc) is 2.78. The molecule has 2 saturated heterocycles. The van der Waals surface area contributed by atoms with Gasteiger partial charge in [0.05, 0.1) is 5.69 Å². The number of amides is 1. The van der Waals surface area contributed by atoms with Crippen LogP contribution in [0.2, 0.25) is 0 Å². The zero-order chi connectivity index (χ0) is 14.1. The number of carbonyl (C=O) groups excluding carboxylic acids is 1. The van der Waals surface area contributed by atoms with Crippen LogP contribution in [0.5, 0.6) is 0 Å². The van der Waals surface area contributed by atoms with E-state index >= 15 is 0 Å². The van der Waals surface area contributed by atoms with Crippen molar-refractivity contribution in [2.75, 3.05) is 31.9 Å². The lowest BCUT2D eigenvalue weighted by molar-refractivity contribution is 0.0743. The second-order valence-corrected chi connectivity index (χ2v) is 5.67. The van der Waals surface area contributed by atoms with Crippen LogP contribution in [0.25, 0.3) is 0 Å². The second-order valence-electron chi connectivity index (χ2n) is 5.67. The minimum Gasteiger partial charge on any atom is -0.396 e. The molecule has 1 unspecified atom stereocenters. The maximum atomic E-state index is 13.2. The first-order chi connectivity index (χ1) is 9.65. The van der Waals surface area contributed by atoms with Crippen LogP contribution in [0, 0.1) is 5.82 Å². The van der Waals surface area contributed by atoms with Gasteiger partial charge in [0.2, 0.25) is 0 Å². The molecule has 4 nitrogen and oxygen atoms in total. The molecule has 0 aromatic heterocycles. The summed E-state index contributed by atoms with van der Waals surface area (Å²) in [7, 11) is 0. The van der Waals surface area contributed by atoms with Crippen molar-refractivity contribution in [2.24, 2.45) is 0 Å². The first-order valence-corrected chi connectivity index (χ1v) is 7.23. The molecule has 0 radical (unpaired) electrons. The molecule has 20 heavy (non-hydrogen) atoms. The molecule has 2 N–H and O–H groups in total. The smallest absolute Gasteiger partial charge is 0.253 e. The number of carbonyl (C=O) groups is 1. The zero-order valence-corrected chi connectivity index (χ0v) is 11.5. The summed E-state index contributed by atoms with van der Waals surface area (Å²) in [5, 5.41) is 0. The quantitative estimate of drug-likeness (QED) is 0.795. The number of benzene rings is 1. The molecule has 1 aromatic rings. The summed E-state index contributed by atoms with van der Waals surface area (Å²) in [4.78, 5) is 16.9. The van der Waals surface area contributed by atoms with E-state index in [0.29, 0.717) is 11.6 Å². The van der Waals surface area contributed by atoms with Crippen molar-refractivity contribution in [3.05, 3.63) is 29.6 Å². The van der Waals surface area contributed by atoms with Crippen LogP contribution in [0.4, 0.5) is 10.1 Å². The fraction of sp³-hybridized carbons (Fsp3) is 0.533. The molecule has 0 spiro atoms. The van der Waals surface area contributed by atoms with E-state index in [1.165, 1.54) is 24.6 Å². The Labute approximate surface area is 118 Å². The number of anilines is 1. The first kappa shape index (κ1) is 13.4. The number of nitrogens with zero attached hydrogens (tertiary/aromatic N) is 2. The van der Waals surface area contributed by atoms with Gasteiger partial charge < -0.3 is 10.6 Å². The number of nitrogen functional groups attached to an aromatic ring is 1.